The summed E-state index contributed by atoms with van der Waals surface area (Å²) in [7, 11) is 2.17. The van der Waals surface area contributed by atoms with Crippen molar-refractivity contribution in [2.45, 2.75) is 57.5 Å². The van der Waals surface area contributed by atoms with Gasteiger partial charge in [0.2, 0.25) is 0 Å². The van der Waals surface area contributed by atoms with Crippen molar-refractivity contribution in [2.24, 2.45) is 0 Å². The number of nitrogens with zero attached hydrogens (tertiary/aromatic N) is 3. The van der Waals surface area contributed by atoms with Crippen molar-refractivity contribution in [3.63, 3.8) is 0 Å². The number of hydrogen-bond acceptors (Lipinski definition) is 3. The molecule has 0 aliphatic heterocycles. The second-order valence-electron chi connectivity index (χ2n) is 9.38. The van der Waals surface area contributed by atoms with Crippen molar-refractivity contribution in [3.05, 3.63) is 106 Å². The van der Waals surface area contributed by atoms with Gasteiger partial charge in [0.1, 0.15) is 5.82 Å². The SMILES string of the molecule is CCc1nc2ccc(N(C)C3CCCCC3)cc2c(=O)n1C(c1ccccc1)c1ccccc1. The monoisotopic (exact) mass is 451 g/mol. The maximum atomic E-state index is 14.2. The highest BCUT2D eigenvalue weighted by molar-refractivity contribution is 5.82. The summed E-state index contributed by atoms with van der Waals surface area (Å²) in [6.07, 6.45) is 7.02. The van der Waals surface area contributed by atoms with Crippen molar-refractivity contribution in [1.82, 2.24) is 9.55 Å². The smallest absolute Gasteiger partial charge is 0.262 e. The van der Waals surface area contributed by atoms with E-state index < -0.39 is 0 Å². The van der Waals surface area contributed by atoms with Crippen molar-refractivity contribution in [2.75, 3.05) is 11.9 Å². The molecule has 1 aromatic heterocycles. The molecule has 0 spiro atoms. The number of aromatic nitrogens is 2. The number of rotatable bonds is 6. The molecule has 0 unspecified atom stereocenters. The Bertz CT molecular complexity index is 1270. The van der Waals surface area contributed by atoms with Gasteiger partial charge >= 0.3 is 0 Å². The number of fused-ring (bicyclic) bond motifs is 1. The van der Waals surface area contributed by atoms with E-state index in [2.05, 4.69) is 55.3 Å². The van der Waals surface area contributed by atoms with Gasteiger partial charge in [-0.25, -0.2) is 4.98 Å². The number of benzene rings is 3. The fourth-order valence-corrected chi connectivity index (χ4v) is 5.41. The highest BCUT2D eigenvalue weighted by Crippen LogP contribution is 2.30. The second-order valence-corrected chi connectivity index (χ2v) is 9.38. The van der Waals surface area contributed by atoms with E-state index in [4.69, 9.17) is 4.98 Å². The van der Waals surface area contributed by atoms with Crippen LogP contribution < -0.4 is 10.5 Å². The molecule has 0 radical (unpaired) electrons. The zero-order valence-corrected chi connectivity index (χ0v) is 20.2. The Kier molecular flexibility index (Phi) is 6.48. The predicted molar refractivity (Wildman–Crippen MR) is 141 cm³/mol. The Labute approximate surface area is 201 Å². The van der Waals surface area contributed by atoms with Crippen LogP contribution in [0.25, 0.3) is 10.9 Å². The van der Waals surface area contributed by atoms with Crippen molar-refractivity contribution < 1.29 is 0 Å². The van der Waals surface area contributed by atoms with Gasteiger partial charge in [0.15, 0.2) is 0 Å². The quantitative estimate of drug-likeness (QED) is 0.342. The molecule has 4 aromatic rings. The van der Waals surface area contributed by atoms with Gasteiger partial charge in [0, 0.05) is 25.2 Å². The Balaban J connectivity index is 1.68. The first-order valence-electron chi connectivity index (χ1n) is 12.5. The van der Waals surface area contributed by atoms with Crippen molar-refractivity contribution in [1.29, 1.82) is 0 Å². The van der Waals surface area contributed by atoms with E-state index in [1.807, 2.05) is 47.0 Å². The van der Waals surface area contributed by atoms with E-state index in [0.717, 1.165) is 28.2 Å². The first-order valence-corrected chi connectivity index (χ1v) is 12.5. The Hall–Kier alpha value is -3.40. The summed E-state index contributed by atoms with van der Waals surface area (Å²) < 4.78 is 1.91. The van der Waals surface area contributed by atoms with Crippen LogP contribution in [-0.4, -0.2) is 22.6 Å². The molecule has 0 saturated heterocycles. The maximum absolute atomic E-state index is 14.2. The lowest BCUT2D eigenvalue weighted by molar-refractivity contribution is 0.427. The summed E-state index contributed by atoms with van der Waals surface area (Å²) in [5.74, 6) is 0.809. The molecular formula is C30H33N3O. The highest BCUT2D eigenvalue weighted by Gasteiger charge is 2.23. The molecule has 174 valence electrons. The second kappa shape index (κ2) is 9.84. The van der Waals surface area contributed by atoms with E-state index >= 15 is 0 Å². The lowest BCUT2D eigenvalue weighted by atomic mass is 9.94. The van der Waals surface area contributed by atoms with E-state index in [1.165, 1.54) is 32.1 Å². The van der Waals surface area contributed by atoms with E-state index in [-0.39, 0.29) is 11.6 Å². The molecule has 34 heavy (non-hydrogen) atoms. The molecule has 1 saturated carbocycles. The Morgan fingerprint density at radius 1 is 0.912 bits per heavy atom. The summed E-state index contributed by atoms with van der Waals surface area (Å²) in [4.78, 5) is 21.5. The first kappa shape index (κ1) is 22.4. The van der Waals surface area contributed by atoms with Crippen molar-refractivity contribution in [3.8, 4) is 0 Å². The fraction of sp³-hybridized carbons (Fsp3) is 0.333. The molecule has 4 heteroatoms. The summed E-state index contributed by atoms with van der Waals surface area (Å²) in [5, 5.41) is 0.689. The van der Waals surface area contributed by atoms with Gasteiger partial charge in [-0.3, -0.25) is 9.36 Å². The van der Waals surface area contributed by atoms with E-state index in [1.54, 1.807) is 0 Å². The molecule has 1 heterocycles. The van der Waals surface area contributed by atoms with Crippen LogP contribution in [0.4, 0.5) is 5.69 Å². The van der Waals surface area contributed by atoms with Gasteiger partial charge in [0.05, 0.1) is 16.9 Å². The van der Waals surface area contributed by atoms with Crippen LogP contribution in [0.5, 0.6) is 0 Å². The van der Waals surface area contributed by atoms with Gasteiger partial charge < -0.3 is 4.90 Å². The molecule has 0 amide bonds. The van der Waals surface area contributed by atoms with Crippen LogP contribution in [0.1, 0.15) is 62.0 Å². The van der Waals surface area contributed by atoms with E-state index in [9.17, 15) is 4.79 Å². The van der Waals surface area contributed by atoms with Crippen LogP contribution in [-0.2, 0) is 6.42 Å². The molecule has 1 aliphatic carbocycles. The average molecular weight is 452 g/mol. The predicted octanol–water partition coefficient (Wildman–Crippen LogP) is 6.37. The molecular weight excluding hydrogens is 418 g/mol. The van der Waals surface area contributed by atoms with E-state index in [0.29, 0.717) is 17.8 Å². The third-order valence-corrected chi connectivity index (χ3v) is 7.29. The van der Waals surface area contributed by atoms with Crippen LogP contribution in [0, 0.1) is 0 Å². The maximum Gasteiger partial charge on any atom is 0.262 e. The molecule has 1 fully saturated rings. The molecule has 4 nitrogen and oxygen atoms in total. The Morgan fingerprint density at radius 3 is 2.12 bits per heavy atom. The van der Waals surface area contributed by atoms with Gasteiger partial charge in [-0.15, -0.1) is 0 Å². The van der Waals surface area contributed by atoms with Crippen LogP contribution in [0.2, 0.25) is 0 Å². The van der Waals surface area contributed by atoms with Gasteiger partial charge in [-0.05, 0) is 42.2 Å². The molecule has 0 bridgehead atoms. The molecule has 0 N–H and O–H groups in total. The normalized spacial score (nSPS) is 14.6. The number of anilines is 1. The van der Waals surface area contributed by atoms with Gasteiger partial charge in [0.25, 0.3) is 5.56 Å². The summed E-state index contributed by atoms with van der Waals surface area (Å²) in [6.45, 7) is 2.07. The summed E-state index contributed by atoms with van der Waals surface area (Å²) in [5.41, 5.74) is 4.08. The minimum absolute atomic E-state index is 0.0263. The van der Waals surface area contributed by atoms with Crippen LogP contribution in [0.3, 0.4) is 0 Å². The zero-order valence-electron chi connectivity index (χ0n) is 20.2. The molecule has 3 aromatic carbocycles. The topological polar surface area (TPSA) is 38.1 Å². The minimum atomic E-state index is -0.221. The molecule has 1 aliphatic rings. The third kappa shape index (κ3) is 4.25. The first-order chi connectivity index (χ1) is 16.7. The van der Waals surface area contributed by atoms with Crippen molar-refractivity contribution >= 4 is 16.6 Å². The average Bonchev–Trinajstić information content (AvgIpc) is 2.91. The zero-order chi connectivity index (χ0) is 23.5. The van der Waals surface area contributed by atoms with Gasteiger partial charge in [-0.1, -0.05) is 86.8 Å². The lowest BCUT2D eigenvalue weighted by Crippen LogP contribution is -2.34. The molecule has 0 atom stereocenters. The molecule has 5 rings (SSSR count). The van der Waals surface area contributed by atoms with Gasteiger partial charge in [-0.2, -0.15) is 0 Å². The standard InChI is InChI=1S/C30H33N3O/c1-3-28-31-27-20-19-25(32(2)24-17-11-6-12-18-24)21-26(27)30(34)33(28)29(22-13-7-4-8-14-22)23-15-9-5-10-16-23/h4-5,7-10,13-16,19-21,24,29H,3,6,11-12,17-18H2,1-2H3. The number of aryl methyl sites for hydroxylation is 1. The fourth-order valence-electron chi connectivity index (χ4n) is 5.41. The summed E-state index contributed by atoms with van der Waals surface area (Å²) in [6, 6.07) is 27.1. The third-order valence-electron chi connectivity index (χ3n) is 7.29. The summed E-state index contributed by atoms with van der Waals surface area (Å²) >= 11 is 0. The largest absolute Gasteiger partial charge is 0.372 e. The highest BCUT2D eigenvalue weighted by atomic mass is 16.1. The van der Waals surface area contributed by atoms with Crippen LogP contribution in [0.15, 0.2) is 83.7 Å². The number of hydrogen-bond donors (Lipinski definition) is 0. The minimum Gasteiger partial charge on any atom is -0.372 e. The van der Waals surface area contributed by atoms with Crippen LogP contribution >= 0.6 is 0 Å². The lowest BCUT2D eigenvalue weighted by Gasteiger charge is -2.33. The Morgan fingerprint density at radius 2 is 1.53 bits per heavy atom.